The summed E-state index contributed by atoms with van der Waals surface area (Å²) in [5.41, 5.74) is -0.717. The fourth-order valence-corrected chi connectivity index (χ4v) is 1.34. The molecule has 3 nitrogen and oxygen atoms in total. The highest BCUT2D eigenvalue weighted by Gasteiger charge is 2.33. The minimum absolute atomic E-state index is 0.106. The zero-order valence-corrected chi connectivity index (χ0v) is 10.0. The van der Waals surface area contributed by atoms with Crippen molar-refractivity contribution in [3.05, 3.63) is 29.3 Å². The van der Waals surface area contributed by atoms with E-state index in [0.29, 0.717) is 0 Å². The number of nitrogens with one attached hydrogen (secondary N) is 1. The number of halogens is 3. The Labute approximate surface area is 103 Å². The Kier molecular flexibility index (Phi) is 4.56. The summed E-state index contributed by atoms with van der Waals surface area (Å²) < 4.78 is 43.2. The average Bonchev–Trinajstić information content (AvgIpc) is 2.34. The van der Waals surface area contributed by atoms with Crippen molar-refractivity contribution < 1.29 is 17.9 Å². The summed E-state index contributed by atoms with van der Waals surface area (Å²) in [5, 5.41) is 11.3. The fraction of sp³-hybridized carbons (Fsp3) is 0.417. The predicted molar refractivity (Wildman–Crippen MR) is 61.1 cm³/mol. The maximum Gasteiger partial charge on any atom is 0.418 e. The molecule has 0 aliphatic heterocycles. The Hall–Kier alpha value is -1.74. The van der Waals surface area contributed by atoms with E-state index in [9.17, 15) is 13.2 Å². The lowest BCUT2D eigenvalue weighted by Crippen LogP contribution is -2.20. The van der Waals surface area contributed by atoms with E-state index in [-0.39, 0.29) is 23.9 Å². The van der Waals surface area contributed by atoms with Crippen molar-refractivity contribution in [1.29, 1.82) is 5.26 Å². The number of hydrogen-bond donors (Lipinski definition) is 1. The SMILES string of the molecule is COC(C)CNc1cc(C#N)ccc1C(F)(F)F. The second kappa shape index (κ2) is 5.74. The standard InChI is InChI=1S/C12H13F3N2O/c1-8(18-2)7-17-11-5-9(6-16)3-4-10(11)12(13,14)15/h3-5,8,17H,7H2,1-2H3. The first kappa shape index (κ1) is 14.3. The van der Waals surface area contributed by atoms with Gasteiger partial charge < -0.3 is 10.1 Å². The van der Waals surface area contributed by atoms with Crippen LogP contribution in [0.3, 0.4) is 0 Å². The Bertz CT molecular complexity index is 452. The van der Waals surface area contributed by atoms with Gasteiger partial charge in [-0.3, -0.25) is 0 Å². The van der Waals surface area contributed by atoms with Crippen LogP contribution < -0.4 is 5.32 Å². The van der Waals surface area contributed by atoms with Crippen LogP contribution in [0.5, 0.6) is 0 Å². The second-order valence-electron chi connectivity index (χ2n) is 3.80. The number of hydrogen-bond acceptors (Lipinski definition) is 3. The van der Waals surface area contributed by atoms with Gasteiger partial charge in [-0.05, 0) is 25.1 Å². The lowest BCUT2D eigenvalue weighted by molar-refractivity contribution is -0.137. The molecule has 98 valence electrons. The summed E-state index contributed by atoms with van der Waals surface area (Å²) in [6.45, 7) is 1.96. The van der Waals surface area contributed by atoms with E-state index in [1.165, 1.54) is 13.2 Å². The first-order chi connectivity index (χ1) is 8.38. The number of anilines is 1. The molecule has 1 aromatic rings. The van der Waals surface area contributed by atoms with Crippen LogP contribution >= 0.6 is 0 Å². The summed E-state index contributed by atoms with van der Waals surface area (Å²) in [6.07, 6.45) is -4.68. The van der Waals surface area contributed by atoms with Gasteiger partial charge in [0.05, 0.1) is 23.3 Å². The van der Waals surface area contributed by atoms with Gasteiger partial charge in [0, 0.05) is 19.3 Å². The molecule has 1 N–H and O–H groups in total. The molecule has 0 radical (unpaired) electrons. The maximum absolute atomic E-state index is 12.7. The summed E-state index contributed by atoms with van der Waals surface area (Å²) in [6, 6.07) is 5.04. The molecule has 0 bridgehead atoms. The Morgan fingerprint density at radius 3 is 2.61 bits per heavy atom. The fourth-order valence-electron chi connectivity index (χ4n) is 1.34. The van der Waals surface area contributed by atoms with E-state index in [2.05, 4.69) is 5.32 Å². The third-order valence-corrected chi connectivity index (χ3v) is 2.44. The van der Waals surface area contributed by atoms with Gasteiger partial charge in [-0.15, -0.1) is 0 Å². The number of alkyl halides is 3. The molecule has 0 saturated heterocycles. The van der Waals surface area contributed by atoms with Crippen molar-refractivity contribution in [2.75, 3.05) is 19.0 Å². The summed E-state index contributed by atoms with van der Waals surface area (Å²) in [5.74, 6) is 0. The van der Waals surface area contributed by atoms with Crippen molar-refractivity contribution in [3.8, 4) is 6.07 Å². The third-order valence-electron chi connectivity index (χ3n) is 2.44. The van der Waals surface area contributed by atoms with Gasteiger partial charge in [0.15, 0.2) is 0 Å². The second-order valence-corrected chi connectivity index (χ2v) is 3.80. The van der Waals surface area contributed by atoms with E-state index >= 15 is 0 Å². The topological polar surface area (TPSA) is 45.0 Å². The van der Waals surface area contributed by atoms with Gasteiger partial charge in [-0.2, -0.15) is 18.4 Å². The first-order valence-electron chi connectivity index (χ1n) is 5.26. The van der Waals surface area contributed by atoms with Crippen molar-refractivity contribution in [3.63, 3.8) is 0 Å². The molecule has 0 saturated carbocycles. The zero-order chi connectivity index (χ0) is 13.8. The zero-order valence-electron chi connectivity index (χ0n) is 10.0. The normalized spacial score (nSPS) is 12.9. The molecular weight excluding hydrogens is 245 g/mol. The molecule has 0 spiro atoms. The number of nitrogens with zero attached hydrogens (tertiary/aromatic N) is 1. The summed E-state index contributed by atoms with van der Waals surface area (Å²) in [4.78, 5) is 0. The number of nitriles is 1. The van der Waals surface area contributed by atoms with Crippen molar-refractivity contribution >= 4 is 5.69 Å². The van der Waals surface area contributed by atoms with Crippen LogP contribution in [-0.2, 0) is 10.9 Å². The van der Waals surface area contributed by atoms with Crippen LogP contribution in [0.15, 0.2) is 18.2 Å². The first-order valence-corrected chi connectivity index (χ1v) is 5.26. The molecular formula is C12H13F3N2O. The highest BCUT2D eigenvalue weighted by atomic mass is 19.4. The highest BCUT2D eigenvalue weighted by Crippen LogP contribution is 2.35. The lowest BCUT2D eigenvalue weighted by atomic mass is 10.1. The number of ether oxygens (including phenoxy) is 1. The Morgan fingerprint density at radius 1 is 1.44 bits per heavy atom. The van der Waals surface area contributed by atoms with Crippen LogP contribution in [-0.4, -0.2) is 19.8 Å². The quantitative estimate of drug-likeness (QED) is 0.902. The van der Waals surface area contributed by atoms with Crippen LogP contribution in [0, 0.1) is 11.3 Å². The van der Waals surface area contributed by atoms with Gasteiger partial charge in [0.25, 0.3) is 0 Å². The van der Waals surface area contributed by atoms with Crippen LogP contribution in [0.2, 0.25) is 0 Å². The highest BCUT2D eigenvalue weighted by molar-refractivity contribution is 5.57. The van der Waals surface area contributed by atoms with Gasteiger partial charge in [-0.25, -0.2) is 0 Å². The van der Waals surface area contributed by atoms with Gasteiger partial charge in [0.2, 0.25) is 0 Å². The van der Waals surface area contributed by atoms with Crippen LogP contribution in [0.4, 0.5) is 18.9 Å². The molecule has 1 rings (SSSR count). The molecule has 0 aliphatic rings. The largest absolute Gasteiger partial charge is 0.418 e. The smallest absolute Gasteiger partial charge is 0.382 e. The number of benzene rings is 1. The third kappa shape index (κ3) is 3.64. The molecule has 0 aliphatic carbocycles. The molecule has 1 atom stereocenters. The average molecular weight is 258 g/mol. The van der Waals surface area contributed by atoms with E-state index < -0.39 is 11.7 Å². The molecule has 1 unspecified atom stereocenters. The molecule has 0 heterocycles. The van der Waals surface area contributed by atoms with Crippen LogP contribution in [0.25, 0.3) is 0 Å². The molecule has 0 amide bonds. The molecule has 18 heavy (non-hydrogen) atoms. The molecule has 0 fully saturated rings. The van der Waals surface area contributed by atoms with E-state index in [4.69, 9.17) is 10.00 Å². The Balaban J connectivity index is 3.02. The molecule has 1 aromatic carbocycles. The van der Waals surface area contributed by atoms with E-state index in [1.807, 2.05) is 6.07 Å². The van der Waals surface area contributed by atoms with Crippen molar-refractivity contribution in [2.24, 2.45) is 0 Å². The van der Waals surface area contributed by atoms with E-state index in [0.717, 1.165) is 12.1 Å². The summed E-state index contributed by atoms with van der Waals surface area (Å²) >= 11 is 0. The lowest BCUT2D eigenvalue weighted by Gasteiger charge is -2.17. The monoisotopic (exact) mass is 258 g/mol. The predicted octanol–water partition coefficient (Wildman–Crippen LogP) is 3.02. The molecule has 0 aromatic heterocycles. The Morgan fingerprint density at radius 2 is 2.11 bits per heavy atom. The number of rotatable bonds is 4. The van der Waals surface area contributed by atoms with Gasteiger partial charge in [-0.1, -0.05) is 0 Å². The minimum Gasteiger partial charge on any atom is -0.382 e. The maximum atomic E-state index is 12.7. The minimum atomic E-state index is -4.45. The van der Waals surface area contributed by atoms with Gasteiger partial charge >= 0.3 is 6.18 Å². The van der Waals surface area contributed by atoms with Crippen molar-refractivity contribution in [1.82, 2.24) is 0 Å². The van der Waals surface area contributed by atoms with E-state index in [1.54, 1.807) is 6.92 Å². The van der Waals surface area contributed by atoms with Gasteiger partial charge in [0.1, 0.15) is 0 Å². The summed E-state index contributed by atoms with van der Waals surface area (Å²) in [7, 11) is 1.47. The van der Waals surface area contributed by atoms with Crippen LogP contribution in [0.1, 0.15) is 18.1 Å². The van der Waals surface area contributed by atoms with Crippen molar-refractivity contribution in [2.45, 2.75) is 19.2 Å². The molecule has 6 heteroatoms. The number of methoxy groups -OCH3 is 1.